The molecule has 0 spiro atoms. The number of aliphatic imine (C=N–C) groups is 1. The summed E-state index contributed by atoms with van der Waals surface area (Å²) < 4.78 is 5.76. The van der Waals surface area contributed by atoms with Crippen molar-refractivity contribution in [1.29, 1.82) is 0 Å². The fourth-order valence-electron chi connectivity index (χ4n) is 2.58. The van der Waals surface area contributed by atoms with Crippen molar-refractivity contribution in [2.75, 3.05) is 40.8 Å². The highest BCUT2D eigenvalue weighted by molar-refractivity contribution is 6.30. The predicted molar refractivity (Wildman–Crippen MR) is 119 cm³/mol. The Morgan fingerprint density at radius 2 is 1.72 bits per heavy atom. The number of ether oxygens (including phenoxy) is 1. The van der Waals surface area contributed by atoms with E-state index in [2.05, 4.69) is 5.32 Å². The van der Waals surface area contributed by atoms with Gasteiger partial charge in [0, 0.05) is 38.3 Å². The standard InChI is InChI=1S/C22H29ClN4O2/c1-5-24-22(27(4)14-15-29-20-12-10-19(23)11-13-20)25-16-17-6-8-18(9-7-17)21(28)26(2)3/h6-13H,5,14-16H2,1-4H3,(H,24,25). The van der Waals surface area contributed by atoms with Crippen LogP contribution in [0.5, 0.6) is 5.75 Å². The molecule has 0 aliphatic heterocycles. The topological polar surface area (TPSA) is 57.2 Å². The highest BCUT2D eigenvalue weighted by atomic mass is 35.5. The molecule has 0 bridgehead atoms. The van der Waals surface area contributed by atoms with Gasteiger partial charge in [-0.1, -0.05) is 23.7 Å². The molecule has 1 N–H and O–H groups in total. The maximum absolute atomic E-state index is 12.0. The van der Waals surface area contributed by atoms with Crippen LogP contribution in [0.25, 0.3) is 0 Å². The van der Waals surface area contributed by atoms with Gasteiger partial charge < -0.3 is 19.9 Å². The predicted octanol–water partition coefficient (Wildman–Crippen LogP) is 3.52. The van der Waals surface area contributed by atoms with E-state index in [0.29, 0.717) is 30.3 Å². The number of hydrogen-bond acceptors (Lipinski definition) is 3. The molecule has 0 heterocycles. The molecule has 0 saturated heterocycles. The zero-order valence-corrected chi connectivity index (χ0v) is 18.2. The second kappa shape index (κ2) is 11.3. The lowest BCUT2D eigenvalue weighted by Crippen LogP contribution is -2.40. The van der Waals surface area contributed by atoms with Gasteiger partial charge in [0.2, 0.25) is 0 Å². The lowest BCUT2D eigenvalue weighted by molar-refractivity contribution is 0.0827. The summed E-state index contributed by atoms with van der Waals surface area (Å²) in [6, 6.07) is 14.9. The Morgan fingerprint density at radius 3 is 2.31 bits per heavy atom. The monoisotopic (exact) mass is 416 g/mol. The number of benzene rings is 2. The zero-order valence-electron chi connectivity index (χ0n) is 17.5. The number of likely N-dealkylation sites (N-methyl/N-ethyl adjacent to an activating group) is 1. The number of halogens is 1. The number of rotatable bonds is 8. The van der Waals surface area contributed by atoms with Gasteiger partial charge in [-0.05, 0) is 48.9 Å². The number of carbonyl (C=O) groups excluding carboxylic acids is 1. The van der Waals surface area contributed by atoms with Crippen molar-refractivity contribution in [3.05, 3.63) is 64.7 Å². The third kappa shape index (κ3) is 7.31. The van der Waals surface area contributed by atoms with Gasteiger partial charge in [0.15, 0.2) is 5.96 Å². The Balaban J connectivity index is 1.92. The summed E-state index contributed by atoms with van der Waals surface area (Å²) in [4.78, 5) is 20.3. The average molecular weight is 417 g/mol. The van der Waals surface area contributed by atoms with E-state index in [1.807, 2.05) is 67.4 Å². The van der Waals surface area contributed by atoms with E-state index in [0.717, 1.165) is 23.8 Å². The maximum Gasteiger partial charge on any atom is 0.253 e. The van der Waals surface area contributed by atoms with Crippen molar-refractivity contribution < 1.29 is 9.53 Å². The van der Waals surface area contributed by atoms with Gasteiger partial charge in [-0.3, -0.25) is 4.79 Å². The van der Waals surface area contributed by atoms with Crippen LogP contribution in [0.2, 0.25) is 5.02 Å². The van der Waals surface area contributed by atoms with E-state index in [-0.39, 0.29) is 5.91 Å². The van der Waals surface area contributed by atoms with Crippen LogP contribution in [0.1, 0.15) is 22.8 Å². The molecule has 0 radical (unpaired) electrons. The molecule has 7 heteroatoms. The number of nitrogens with zero attached hydrogens (tertiary/aromatic N) is 3. The number of amides is 1. The molecule has 2 aromatic rings. The molecule has 2 aromatic carbocycles. The van der Waals surface area contributed by atoms with Crippen LogP contribution in [0.15, 0.2) is 53.5 Å². The second-order valence-corrected chi connectivity index (χ2v) is 7.23. The first-order valence-corrected chi connectivity index (χ1v) is 9.97. The Labute approximate surface area is 178 Å². The molecule has 0 saturated carbocycles. The molecule has 0 aliphatic carbocycles. The maximum atomic E-state index is 12.0. The molecule has 6 nitrogen and oxygen atoms in total. The van der Waals surface area contributed by atoms with Crippen LogP contribution in [-0.4, -0.2) is 62.5 Å². The van der Waals surface area contributed by atoms with E-state index >= 15 is 0 Å². The van der Waals surface area contributed by atoms with Gasteiger partial charge in [0.1, 0.15) is 12.4 Å². The zero-order chi connectivity index (χ0) is 21.2. The Hall–Kier alpha value is -2.73. The molecule has 1 amide bonds. The summed E-state index contributed by atoms with van der Waals surface area (Å²) in [5.74, 6) is 1.59. The van der Waals surface area contributed by atoms with E-state index in [9.17, 15) is 4.79 Å². The first-order valence-electron chi connectivity index (χ1n) is 9.59. The molecule has 0 aromatic heterocycles. The van der Waals surface area contributed by atoms with Crippen LogP contribution >= 0.6 is 11.6 Å². The quantitative estimate of drug-likeness (QED) is 0.528. The van der Waals surface area contributed by atoms with Crippen molar-refractivity contribution in [1.82, 2.24) is 15.1 Å². The highest BCUT2D eigenvalue weighted by Gasteiger charge is 2.08. The molecule has 0 atom stereocenters. The SMILES string of the molecule is CCNC(=NCc1ccc(C(=O)N(C)C)cc1)N(C)CCOc1ccc(Cl)cc1. The number of hydrogen-bond donors (Lipinski definition) is 1. The minimum Gasteiger partial charge on any atom is -0.492 e. The Morgan fingerprint density at radius 1 is 1.07 bits per heavy atom. The van der Waals surface area contributed by atoms with E-state index in [4.69, 9.17) is 21.3 Å². The van der Waals surface area contributed by atoms with Gasteiger partial charge >= 0.3 is 0 Å². The minimum absolute atomic E-state index is 0.00573. The minimum atomic E-state index is -0.00573. The lowest BCUT2D eigenvalue weighted by Gasteiger charge is -2.22. The summed E-state index contributed by atoms with van der Waals surface area (Å²) in [6.45, 7) is 4.56. The molecule has 0 unspecified atom stereocenters. The first kappa shape index (κ1) is 22.6. The van der Waals surface area contributed by atoms with Gasteiger partial charge in [-0.15, -0.1) is 0 Å². The molecule has 156 valence electrons. The van der Waals surface area contributed by atoms with Crippen molar-refractivity contribution in [2.24, 2.45) is 4.99 Å². The normalized spacial score (nSPS) is 11.1. The number of guanidine groups is 1. The lowest BCUT2D eigenvalue weighted by atomic mass is 10.1. The van der Waals surface area contributed by atoms with Crippen LogP contribution in [0.4, 0.5) is 0 Å². The smallest absolute Gasteiger partial charge is 0.253 e. The van der Waals surface area contributed by atoms with Crippen molar-refractivity contribution in [2.45, 2.75) is 13.5 Å². The van der Waals surface area contributed by atoms with Gasteiger partial charge in [0.25, 0.3) is 5.91 Å². The molecular weight excluding hydrogens is 388 g/mol. The number of carbonyl (C=O) groups is 1. The van der Waals surface area contributed by atoms with E-state index < -0.39 is 0 Å². The Bertz CT molecular complexity index is 805. The van der Waals surface area contributed by atoms with Crippen molar-refractivity contribution in [3.8, 4) is 5.75 Å². The molecule has 0 fully saturated rings. The molecule has 29 heavy (non-hydrogen) atoms. The second-order valence-electron chi connectivity index (χ2n) is 6.79. The summed E-state index contributed by atoms with van der Waals surface area (Å²) in [7, 11) is 5.47. The average Bonchev–Trinajstić information content (AvgIpc) is 2.72. The first-order chi connectivity index (χ1) is 13.9. The molecule has 2 rings (SSSR count). The van der Waals surface area contributed by atoms with Gasteiger partial charge in [0.05, 0.1) is 13.1 Å². The molecular formula is C22H29ClN4O2. The summed E-state index contributed by atoms with van der Waals surface area (Å²) in [6.07, 6.45) is 0. The summed E-state index contributed by atoms with van der Waals surface area (Å²) in [5, 5.41) is 3.99. The van der Waals surface area contributed by atoms with Gasteiger partial charge in [-0.25, -0.2) is 4.99 Å². The van der Waals surface area contributed by atoms with Crippen LogP contribution < -0.4 is 10.1 Å². The Kier molecular flexibility index (Phi) is 8.80. The highest BCUT2D eigenvalue weighted by Crippen LogP contribution is 2.15. The van der Waals surface area contributed by atoms with Gasteiger partial charge in [-0.2, -0.15) is 0 Å². The van der Waals surface area contributed by atoms with E-state index in [1.54, 1.807) is 19.0 Å². The third-order valence-corrected chi connectivity index (χ3v) is 4.48. The number of nitrogens with one attached hydrogen (secondary N) is 1. The summed E-state index contributed by atoms with van der Waals surface area (Å²) in [5.41, 5.74) is 1.72. The fraction of sp³-hybridized carbons (Fsp3) is 0.364. The fourth-order valence-corrected chi connectivity index (χ4v) is 2.71. The van der Waals surface area contributed by atoms with Crippen LogP contribution in [-0.2, 0) is 6.54 Å². The van der Waals surface area contributed by atoms with Crippen LogP contribution in [0, 0.1) is 0 Å². The third-order valence-electron chi connectivity index (χ3n) is 4.22. The van der Waals surface area contributed by atoms with Crippen molar-refractivity contribution >= 4 is 23.5 Å². The molecule has 0 aliphatic rings. The van der Waals surface area contributed by atoms with Crippen molar-refractivity contribution in [3.63, 3.8) is 0 Å². The summed E-state index contributed by atoms with van der Waals surface area (Å²) >= 11 is 5.89. The van der Waals surface area contributed by atoms with E-state index in [1.165, 1.54) is 0 Å². The van der Waals surface area contributed by atoms with Crippen LogP contribution in [0.3, 0.4) is 0 Å². The largest absolute Gasteiger partial charge is 0.492 e.